The van der Waals surface area contributed by atoms with Crippen LogP contribution in [0.25, 0.3) is 0 Å². The highest BCUT2D eigenvalue weighted by molar-refractivity contribution is 8.00. The zero-order valence-corrected chi connectivity index (χ0v) is 19.0. The minimum absolute atomic E-state index is 0.350. The summed E-state index contributed by atoms with van der Waals surface area (Å²) in [5, 5.41) is 2.70. The van der Waals surface area contributed by atoms with E-state index in [4.69, 9.17) is 4.74 Å². The molecule has 0 amide bonds. The number of hydrogen-bond donors (Lipinski definition) is 0. The van der Waals surface area contributed by atoms with Crippen LogP contribution < -0.4 is 0 Å². The molecule has 1 aromatic carbocycles. The van der Waals surface area contributed by atoms with Gasteiger partial charge in [-0.3, -0.25) is 0 Å². The highest BCUT2D eigenvalue weighted by atomic mass is 32.2. The van der Waals surface area contributed by atoms with Crippen molar-refractivity contribution >= 4 is 41.3 Å². The Morgan fingerprint density at radius 2 is 1.79 bits per heavy atom. The molecule has 3 rings (SSSR count). The Morgan fingerprint density at radius 3 is 2.43 bits per heavy atom. The SMILES string of the molecule is COC(=O)c1c(SCc2ccc(C)cc2)nc(SC)nc1SC1CCCCC1. The Kier molecular flexibility index (Phi) is 8.11. The second-order valence-corrected chi connectivity index (χ2v) is 9.87. The van der Waals surface area contributed by atoms with Gasteiger partial charge in [0.05, 0.1) is 7.11 Å². The number of benzene rings is 1. The molecule has 1 saturated carbocycles. The summed E-state index contributed by atoms with van der Waals surface area (Å²) in [6.45, 7) is 2.08. The fourth-order valence-corrected chi connectivity index (χ4v) is 5.97. The molecule has 1 fully saturated rings. The Balaban J connectivity index is 1.90. The van der Waals surface area contributed by atoms with E-state index < -0.39 is 0 Å². The normalized spacial score (nSPS) is 14.8. The lowest BCUT2D eigenvalue weighted by atomic mass is 10.0. The van der Waals surface area contributed by atoms with Crippen LogP contribution in [-0.2, 0) is 10.5 Å². The second-order valence-electron chi connectivity index (χ2n) is 6.84. The lowest BCUT2D eigenvalue weighted by Gasteiger charge is -2.22. The highest BCUT2D eigenvalue weighted by Crippen LogP contribution is 2.38. The molecule has 0 saturated heterocycles. The summed E-state index contributed by atoms with van der Waals surface area (Å²) in [6.07, 6.45) is 8.13. The Morgan fingerprint density at radius 1 is 1.11 bits per heavy atom. The van der Waals surface area contributed by atoms with E-state index >= 15 is 0 Å². The lowest BCUT2D eigenvalue weighted by molar-refractivity contribution is 0.0590. The van der Waals surface area contributed by atoms with E-state index in [1.54, 1.807) is 23.5 Å². The highest BCUT2D eigenvalue weighted by Gasteiger charge is 2.25. The predicted molar refractivity (Wildman–Crippen MR) is 119 cm³/mol. The molecular formula is C21H26N2O2S3. The average molecular weight is 435 g/mol. The first-order valence-electron chi connectivity index (χ1n) is 9.50. The maximum Gasteiger partial charge on any atom is 0.343 e. The first-order chi connectivity index (χ1) is 13.6. The van der Waals surface area contributed by atoms with Gasteiger partial charge in [0, 0.05) is 11.0 Å². The van der Waals surface area contributed by atoms with E-state index in [0.717, 1.165) is 10.8 Å². The monoisotopic (exact) mass is 434 g/mol. The van der Waals surface area contributed by atoms with Crippen LogP contribution in [0.15, 0.2) is 39.5 Å². The molecule has 28 heavy (non-hydrogen) atoms. The molecule has 1 aliphatic carbocycles. The molecule has 0 spiro atoms. The topological polar surface area (TPSA) is 52.1 Å². The third-order valence-corrected chi connectivity index (χ3v) is 7.64. The molecule has 2 aromatic rings. The molecule has 1 aromatic heterocycles. The van der Waals surface area contributed by atoms with Crippen LogP contribution in [0, 0.1) is 6.92 Å². The van der Waals surface area contributed by atoms with Crippen LogP contribution in [0.1, 0.15) is 53.6 Å². The zero-order valence-electron chi connectivity index (χ0n) is 16.6. The summed E-state index contributed by atoms with van der Waals surface area (Å²) in [5.41, 5.74) is 2.96. The van der Waals surface area contributed by atoms with Crippen LogP contribution in [0.2, 0.25) is 0 Å². The van der Waals surface area contributed by atoms with Crippen molar-refractivity contribution in [3.05, 3.63) is 41.0 Å². The van der Waals surface area contributed by atoms with Gasteiger partial charge in [-0.2, -0.15) is 0 Å². The van der Waals surface area contributed by atoms with Gasteiger partial charge in [-0.25, -0.2) is 14.8 Å². The molecule has 0 bridgehead atoms. The third kappa shape index (κ3) is 5.67. The number of ether oxygens (including phenoxy) is 1. The first kappa shape index (κ1) is 21.5. The number of esters is 1. The fraction of sp³-hybridized carbons (Fsp3) is 0.476. The van der Waals surface area contributed by atoms with Gasteiger partial charge >= 0.3 is 5.97 Å². The minimum atomic E-state index is -0.350. The molecule has 0 unspecified atom stereocenters. The number of methoxy groups -OCH3 is 1. The van der Waals surface area contributed by atoms with Crippen molar-refractivity contribution < 1.29 is 9.53 Å². The van der Waals surface area contributed by atoms with E-state index in [1.807, 2.05) is 6.26 Å². The summed E-state index contributed by atoms with van der Waals surface area (Å²) in [7, 11) is 1.42. The van der Waals surface area contributed by atoms with Gasteiger partial charge in [0.15, 0.2) is 5.16 Å². The molecule has 0 radical (unpaired) electrons. The Labute approximate surface area is 180 Å². The van der Waals surface area contributed by atoms with Crippen molar-refractivity contribution in [1.82, 2.24) is 9.97 Å². The lowest BCUT2D eigenvalue weighted by Crippen LogP contribution is -2.13. The number of carbonyl (C=O) groups excluding carboxylic acids is 1. The van der Waals surface area contributed by atoms with Gasteiger partial charge in [-0.15, -0.1) is 23.5 Å². The van der Waals surface area contributed by atoms with Crippen molar-refractivity contribution in [1.29, 1.82) is 0 Å². The van der Waals surface area contributed by atoms with Gasteiger partial charge in [0.2, 0.25) is 0 Å². The number of hydrogen-bond acceptors (Lipinski definition) is 7. The summed E-state index contributed by atoms with van der Waals surface area (Å²) in [4.78, 5) is 21.9. The zero-order chi connectivity index (χ0) is 19.9. The summed E-state index contributed by atoms with van der Waals surface area (Å²) in [5.74, 6) is 0.403. The largest absolute Gasteiger partial charge is 0.465 e. The number of carbonyl (C=O) groups is 1. The maximum absolute atomic E-state index is 12.6. The Hall–Kier alpha value is -1.18. The predicted octanol–water partition coefficient (Wildman–Crippen LogP) is 6.01. The van der Waals surface area contributed by atoms with Crippen LogP contribution in [-0.4, -0.2) is 34.6 Å². The van der Waals surface area contributed by atoms with E-state index in [2.05, 4.69) is 41.2 Å². The standard InChI is InChI=1S/C21H26N2O2S3/c1-14-9-11-15(12-10-14)13-27-18-17(20(24)25-2)19(23-21(22-18)26-3)28-16-7-5-4-6-8-16/h9-12,16H,4-8,13H2,1-3H3. The van der Waals surface area contributed by atoms with Crippen LogP contribution >= 0.6 is 35.3 Å². The minimum Gasteiger partial charge on any atom is -0.465 e. The molecular weight excluding hydrogens is 408 g/mol. The molecule has 7 heteroatoms. The van der Waals surface area contributed by atoms with Crippen LogP contribution in [0.5, 0.6) is 0 Å². The molecule has 0 N–H and O–H groups in total. The molecule has 0 aliphatic heterocycles. The van der Waals surface area contributed by atoms with Crippen molar-refractivity contribution in [2.75, 3.05) is 13.4 Å². The molecule has 1 aliphatic rings. The summed E-state index contributed by atoms with van der Waals surface area (Å²) < 4.78 is 5.10. The molecule has 4 nitrogen and oxygen atoms in total. The summed E-state index contributed by atoms with van der Waals surface area (Å²) >= 11 is 4.81. The van der Waals surface area contributed by atoms with Gasteiger partial charge in [0.25, 0.3) is 0 Å². The van der Waals surface area contributed by atoms with Gasteiger partial charge < -0.3 is 4.74 Å². The van der Waals surface area contributed by atoms with Crippen LogP contribution in [0.3, 0.4) is 0 Å². The molecule has 0 atom stereocenters. The van der Waals surface area contributed by atoms with E-state index in [9.17, 15) is 4.79 Å². The van der Waals surface area contributed by atoms with Gasteiger partial charge in [0.1, 0.15) is 15.6 Å². The number of rotatable bonds is 7. The number of aromatic nitrogens is 2. The summed E-state index contributed by atoms with van der Waals surface area (Å²) in [6, 6.07) is 8.45. The molecule has 150 valence electrons. The van der Waals surface area contributed by atoms with E-state index in [1.165, 1.54) is 62.1 Å². The quantitative estimate of drug-likeness (QED) is 0.229. The van der Waals surface area contributed by atoms with Gasteiger partial charge in [-0.1, -0.05) is 60.9 Å². The van der Waals surface area contributed by atoms with Crippen molar-refractivity contribution in [2.24, 2.45) is 0 Å². The van der Waals surface area contributed by atoms with Crippen molar-refractivity contribution in [2.45, 2.75) is 65.2 Å². The smallest absolute Gasteiger partial charge is 0.343 e. The Bertz CT molecular complexity index is 806. The maximum atomic E-state index is 12.6. The fourth-order valence-electron chi connectivity index (χ4n) is 3.14. The number of nitrogens with zero attached hydrogens (tertiary/aromatic N) is 2. The van der Waals surface area contributed by atoms with E-state index in [-0.39, 0.29) is 5.97 Å². The third-order valence-electron chi connectivity index (χ3n) is 4.72. The number of thioether (sulfide) groups is 3. The van der Waals surface area contributed by atoms with Gasteiger partial charge in [-0.05, 0) is 31.6 Å². The van der Waals surface area contributed by atoms with Crippen LogP contribution in [0.4, 0.5) is 0 Å². The second kappa shape index (κ2) is 10.6. The number of aryl methyl sites for hydroxylation is 1. The molecule has 1 heterocycles. The average Bonchev–Trinajstić information content (AvgIpc) is 2.73. The van der Waals surface area contributed by atoms with Crippen molar-refractivity contribution in [3.8, 4) is 0 Å². The van der Waals surface area contributed by atoms with Crippen molar-refractivity contribution in [3.63, 3.8) is 0 Å². The van der Waals surface area contributed by atoms with E-state index in [0.29, 0.717) is 21.0 Å². The first-order valence-corrected chi connectivity index (χ1v) is 12.6.